The van der Waals surface area contributed by atoms with Crippen LogP contribution in [0.15, 0.2) is 13.6 Å². The number of amides is 1. The molecule has 0 aliphatic carbocycles. The highest BCUT2D eigenvalue weighted by atomic mass is 79.9. The van der Waals surface area contributed by atoms with E-state index in [2.05, 4.69) is 31.9 Å². The van der Waals surface area contributed by atoms with Crippen molar-refractivity contribution in [1.82, 2.24) is 0 Å². The fourth-order valence-electron chi connectivity index (χ4n) is 0.486. The van der Waals surface area contributed by atoms with Gasteiger partial charge in [0.25, 0.3) is 5.91 Å². The molecule has 0 atom stereocenters. The Morgan fingerprint density at radius 3 is 2.40 bits per heavy atom. The van der Waals surface area contributed by atoms with Crippen LogP contribution >= 0.6 is 43.2 Å². The van der Waals surface area contributed by atoms with Gasteiger partial charge in [-0.15, -0.1) is 11.3 Å². The van der Waals surface area contributed by atoms with Gasteiger partial charge in [0.1, 0.15) is 0 Å². The molecule has 0 saturated heterocycles. The van der Waals surface area contributed by atoms with Gasteiger partial charge in [0.15, 0.2) is 0 Å². The zero-order valence-corrected chi connectivity index (χ0v) is 8.72. The average Bonchev–Trinajstić information content (AvgIpc) is 2.14. The highest BCUT2D eigenvalue weighted by Gasteiger charge is 2.10. The second-order valence-corrected chi connectivity index (χ2v) is 4.59. The van der Waals surface area contributed by atoms with Crippen molar-refractivity contribution in [2.24, 2.45) is 5.73 Å². The molecule has 1 aromatic rings. The van der Waals surface area contributed by atoms with E-state index >= 15 is 0 Å². The van der Waals surface area contributed by atoms with Crippen LogP contribution in [0, 0.1) is 0 Å². The monoisotopic (exact) mass is 283 g/mol. The number of rotatable bonds is 1. The predicted octanol–water partition coefficient (Wildman–Crippen LogP) is 2.37. The maximum Gasteiger partial charge on any atom is 0.250 e. The molecule has 54 valence electrons. The molecule has 0 unspecified atom stereocenters. The SMILES string of the molecule is NC(=O)c1csc(Br)c1Br. The maximum absolute atomic E-state index is 10.6. The van der Waals surface area contributed by atoms with Crippen molar-refractivity contribution < 1.29 is 4.79 Å². The number of primary amides is 1. The molecule has 1 heterocycles. The van der Waals surface area contributed by atoms with Gasteiger partial charge in [-0.1, -0.05) is 0 Å². The summed E-state index contributed by atoms with van der Waals surface area (Å²) in [6.07, 6.45) is 0. The van der Waals surface area contributed by atoms with Crippen LogP contribution in [0.3, 0.4) is 0 Å². The highest BCUT2D eigenvalue weighted by Crippen LogP contribution is 2.32. The zero-order chi connectivity index (χ0) is 7.72. The number of thiophene rings is 1. The number of hydrogen-bond donors (Lipinski definition) is 1. The van der Waals surface area contributed by atoms with E-state index in [4.69, 9.17) is 5.73 Å². The molecule has 2 N–H and O–H groups in total. The molecular weight excluding hydrogens is 282 g/mol. The molecule has 0 radical (unpaired) electrons. The Hall–Kier alpha value is 0.130. The Kier molecular flexibility index (Phi) is 2.49. The van der Waals surface area contributed by atoms with Crippen molar-refractivity contribution in [2.45, 2.75) is 0 Å². The zero-order valence-electron chi connectivity index (χ0n) is 4.73. The minimum atomic E-state index is -0.408. The normalized spacial score (nSPS) is 9.80. The van der Waals surface area contributed by atoms with Gasteiger partial charge in [0, 0.05) is 5.38 Å². The average molecular weight is 285 g/mol. The summed E-state index contributed by atoms with van der Waals surface area (Å²) in [4.78, 5) is 10.6. The Morgan fingerprint density at radius 1 is 1.60 bits per heavy atom. The third-order valence-electron chi connectivity index (χ3n) is 0.955. The van der Waals surface area contributed by atoms with E-state index in [0.29, 0.717) is 5.56 Å². The second-order valence-electron chi connectivity index (χ2n) is 1.60. The van der Waals surface area contributed by atoms with Gasteiger partial charge < -0.3 is 5.73 Å². The summed E-state index contributed by atoms with van der Waals surface area (Å²) in [5.41, 5.74) is 5.57. The van der Waals surface area contributed by atoms with E-state index in [-0.39, 0.29) is 0 Å². The van der Waals surface area contributed by atoms with Gasteiger partial charge in [0.2, 0.25) is 0 Å². The largest absolute Gasteiger partial charge is 0.366 e. The van der Waals surface area contributed by atoms with Crippen molar-refractivity contribution in [3.05, 3.63) is 19.2 Å². The molecule has 0 bridgehead atoms. The molecule has 0 aliphatic rings. The fraction of sp³-hybridized carbons (Fsp3) is 0. The van der Waals surface area contributed by atoms with E-state index in [0.717, 1.165) is 8.26 Å². The third kappa shape index (κ3) is 1.41. The van der Waals surface area contributed by atoms with E-state index in [1.165, 1.54) is 11.3 Å². The molecule has 2 nitrogen and oxygen atoms in total. The molecule has 0 fully saturated rings. The van der Waals surface area contributed by atoms with Crippen LogP contribution in [0.2, 0.25) is 0 Å². The van der Waals surface area contributed by atoms with Crippen LogP contribution in [0.4, 0.5) is 0 Å². The lowest BCUT2D eigenvalue weighted by Crippen LogP contribution is -2.09. The third-order valence-corrected chi connectivity index (χ3v) is 4.29. The van der Waals surface area contributed by atoms with Crippen LogP contribution in [0.25, 0.3) is 0 Å². The van der Waals surface area contributed by atoms with Gasteiger partial charge in [-0.05, 0) is 31.9 Å². The first-order chi connectivity index (χ1) is 4.63. The standard InChI is InChI=1S/C5H3Br2NOS/c6-3-2(5(8)9)1-10-4(3)7/h1H,(H2,8,9). The number of halogens is 2. The molecule has 5 heteroatoms. The van der Waals surface area contributed by atoms with Crippen LogP contribution in [0.5, 0.6) is 0 Å². The second kappa shape index (κ2) is 3.02. The summed E-state index contributed by atoms with van der Waals surface area (Å²) >= 11 is 7.89. The molecule has 1 aromatic heterocycles. The highest BCUT2D eigenvalue weighted by molar-refractivity contribution is 9.13. The lowest BCUT2D eigenvalue weighted by molar-refractivity contribution is 0.1000. The smallest absolute Gasteiger partial charge is 0.250 e. The molecule has 0 spiro atoms. The lowest BCUT2D eigenvalue weighted by Gasteiger charge is -1.88. The van der Waals surface area contributed by atoms with Gasteiger partial charge in [-0.2, -0.15) is 0 Å². The molecular formula is C5H3Br2NOS. The van der Waals surface area contributed by atoms with E-state index < -0.39 is 5.91 Å². The Balaban J connectivity index is 3.17. The lowest BCUT2D eigenvalue weighted by atomic mass is 10.3. The first kappa shape index (κ1) is 8.23. The number of nitrogens with two attached hydrogens (primary N) is 1. The van der Waals surface area contributed by atoms with Crippen molar-refractivity contribution >= 4 is 49.1 Å². The number of hydrogen-bond acceptors (Lipinski definition) is 2. The summed E-state index contributed by atoms with van der Waals surface area (Å²) < 4.78 is 1.63. The minimum absolute atomic E-state index is 0.408. The quantitative estimate of drug-likeness (QED) is 0.845. The van der Waals surface area contributed by atoms with E-state index in [9.17, 15) is 4.79 Å². The molecule has 0 aromatic carbocycles. The Labute approximate surface area is 78.7 Å². The first-order valence-corrected chi connectivity index (χ1v) is 4.81. The topological polar surface area (TPSA) is 43.1 Å². The van der Waals surface area contributed by atoms with Gasteiger partial charge in [-0.3, -0.25) is 4.79 Å². The van der Waals surface area contributed by atoms with Crippen molar-refractivity contribution in [2.75, 3.05) is 0 Å². The van der Waals surface area contributed by atoms with Crippen molar-refractivity contribution in [1.29, 1.82) is 0 Å². The van der Waals surface area contributed by atoms with Crippen LogP contribution in [0.1, 0.15) is 10.4 Å². The summed E-state index contributed by atoms with van der Waals surface area (Å²) in [6.45, 7) is 0. The first-order valence-electron chi connectivity index (χ1n) is 2.35. The van der Waals surface area contributed by atoms with Gasteiger partial charge in [0.05, 0.1) is 13.8 Å². The number of carbonyl (C=O) groups is 1. The maximum atomic E-state index is 10.6. The predicted molar refractivity (Wildman–Crippen MR) is 48.2 cm³/mol. The van der Waals surface area contributed by atoms with Gasteiger partial charge >= 0.3 is 0 Å². The van der Waals surface area contributed by atoms with Crippen LogP contribution < -0.4 is 5.73 Å². The summed E-state index contributed by atoms with van der Waals surface area (Å²) in [5.74, 6) is -0.408. The molecule has 10 heavy (non-hydrogen) atoms. The Morgan fingerprint density at radius 2 is 2.20 bits per heavy atom. The fourth-order valence-corrected chi connectivity index (χ4v) is 2.39. The van der Waals surface area contributed by atoms with Gasteiger partial charge in [-0.25, -0.2) is 0 Å². The number of carbonyl (C=O) groups excluding carboxylic acids is 1. The van der Waals surface area contributed by atoms with E-state index in [1.54, 1.807) is 5.38 Å². The molecule has 1 amide bonds. The minimum Gasteiger partial charge on any atom is -0.366 e. The van der Waals surface area contributed by atoms with Crippen LogP contribution in [-0.4, -0.2) is 5.91 Å². The summed E-state index contributed by atoms with van der Waals surface area (Å²) in [5, 5.41) is 1.70. The van der Waals surface area contributed by atoms with Crippen molar-refractivity contribution in [3.63, 3.8) is 0 Å². The molecule has 1 rings (SSSR count). The van der Waals surface area contributed by atoms with E-state index in [1.807, 2.05) is 0 Å². The molecule has 0 aliphatic heterocycles. The van der Waals surface area contributed by atoms with Crippen molar-refractivity contribution in [3.8, 4) is 0 Å². The summed E-state index contributed by atoms with van der Waals surface area (Å²) in [7, 11) is 0. The summed E-state index contributed by atoms with van der Waals surface area (Å²) in [6, 6.07) is 0. The molecule has 0 saturated carbocycles. The van der Waals surface area contributed by atoms with Crippen LogP contribution in [-0.2, 0) is 0 Å². The Bertz CT molecular complexity index is 271.